The van der Waals surface area contributed by atoms with E-state index < -0.39 is 24.0 Å². The molecule has 0 unspecified atom stereocenters. The molecule has 10 heteroatoms. The highest BCUT2D eigenvalue weighted by molar-refractivity contribution is 5.92. The topological polar surface area (TPSA) is 111 Å². The Labute approximate surface area is 335 Å². The van der Waals surface area contributed by atoms with Crippen LogP contribution in [0.15, 0.2) is 109 Å². The lowest BCUT2D eigenvalue weighted by Gasteiger charge is -2.30. The molecule has 0 spiro atoms. The average Bonchev–Trinajstić information content (AvgIpc) is 4.07. The van der Waals surface area contributed by atoms with Gasteiger partial charge < -0.3 is 24.4 Å². The Bertz CT molecular complexity index is 1880. The summed E-state index contributed by atoms with van der Waals surface area (Å²) in [6, 6.07) is 31.8. The maximum Gasteiger partial charge on any atom is 0.407 e. The van der Waals surface area contributed by atoms with Crippen LogP contribution >= 0.6 is 0 Å². The maximum atomic E-state index is 14.0. The van der Waals surface area contributed by atoms with E-state index in [0.717, 1.165) is 35.3 Å². The van der Waals surface area contributed by atoms with Crippen LogP contribution in [0, 0.1) is 23.6 Å². The van der Waals surface area contributed by atoms with Gasteiger partial charge in [-0.15, -0.1) is 0 Å². The lowest BCUT2D eigenvalue weighted by Crippen LogP contribution is -2.45. The first-order valence-corrected chi connectivity index (χ1v) is 20.0. The molecule has 4 aromatic rings. The number of hydrogen-bond donors (Lipinski definition) is 1. The number of amides is 2. The summed E-state index contributed by atoms with van der Waals surface area (Å²) in [5, 5.41) is 2.81. The molecule has 4 atom stereocenters. The number of nitrogens with zero attached hydrogens (tertiary/aromatic N) is 1. The molecule has 5 rings (SSSR count). The molecule has 1 aliphatic carbocycles. The Balaban J connectivity index is 1.11. The zero-order valence-electron chi connectivity index (χ0n) is 33.2. The highest BCUT2D eigenvalue weighted by Crippen LogP contribution is 2.40. The Morgan fingerprint density at radius 3 is 2.04 bits per heavy atom. The van der Waals surface area contributed by atoms with Gasteiger partial charge in [0.2, 0.25) is 5.91 Å². The van der Waals surface area contributed by atoms with Crippen molar-refractivity contribution in [3.05, 3.63) is 137 Å². The van der Waals surface area contributed by atoms with Gasteiger partial charge in [-0.3, -0.25) is 14.4 Å². The van der Waals surface area contributed by atoms with E-state index in [4.69, 9.17) is 14.2 Å². The van der Waals surface area contributed by atoms with Crippen molar-refractivity contribution in [3.8, 4) is 5.75 Å². The molecule has 57 heavy (non-hydrogen) atoms. The van der Waals surface area contributed by atoms with E-state index in [-0.39, 0.29) is 61.5 Å². The van der Waals surface area contributed by atoms with Gasteiger partial charge in [0.05, 0.1) is 18.1 Å². The van der Waals surface area contributed by atoms with E-state index in [1.165, 1.54) is 17.0 Å². The number of carbonyl (C=O) groups is 4. The van der Waals surface area contributed by atoms with Crippen LogP contribution in [0.3, 0.4) is 0 Å². The van der Waals surface area contributed by atoms with Crippen LogP contribution in [0.5, 0.6) is 5.75 Å². The molecule has 1 aliphatic rings. The van der Waals surface area contributed by atoms with Gasteiger partial charge in [0, 0.05) is 25.9 Å². The molecule has 0 saturated heterocycles. The lowest BCUT2D eigenvalue weighted by molar-refractivity contribution is -0.152. The van der Waals surface area contributed by atoms with E-state index >= 15 is 0 Å². The Morgan fingerprint density at radius 2 is 1.39 bits per heavy atom. The second-order valence-corrected chi connectivity index (χ2v) is 15.1. The van der Waals surface area contributed by atoms with E-state index in [2.05, 4.69) is 5.32 Å². The molecule has 302 valence electrons. The number of ether oxygens (including phenoxy) is 3. The highest BCUT2D eigenvalue weighted by Gasteiger charge is 2.39. The van der Waals surface area contributed by atoms with Gasteiger partial charge in [0.15, 0.2) is 5.78 Å². The number of ketones is 1. The number of hydrogen-bond acceptors (Lipinski definition) is 7. The number of aryl methyl sites for hydroxylation is 1. The largest absolute Gasteiger partial charge is 0.490 e. The number of benzene rings is 4. The summed E-state index contributed by atoms with van der Waals surface area (Å²) in [5.41, 5.74) is 3.50. The van der Waals surface area contributed by atoms with E-state index in [1.807, 2.05) is 91.9 Å². The van der Waals surface area contributed by atoms with Crippen LogP contribution < -0.4 is 10.1 Å². The predicted octanol–water partition coefficient (Wildman–Crippen LogP) is 8.67. The zero-order valence-corrected chi connectivity index (χ0v) is 33.2. The molecule has 4 aromatic carbocycles. The van der Waals surface area contributed by atoms with Crippen LogP contribution in [0.4, 0.5) is 9.18 Å². The van der Waals surface area contributed by atoms with Gasteiger partial charge in [-0.1, -0.05) is 91.0 Å². The molecule has 1 fully saturated rings. The minimum Gasteiger partial charge on any atom is -0.490 e. The third-order valence-corrected chi connectivity index (χ3v) is 10.6. The number of halogens is 1. The van der Waals surface area contributed by atoms with Gasteiger partial charge >= 0.3 is 12.1 Å². The van der Waals surface area contributed by atoms with Crippen molar-refractivity contribution in [2.24, 2.45) is 17.8 Å². The van der Waals surface area contributed by atoms with Crippen LogP contribution in [0.1, 0.15) is 74.6 Å². The number of Topliss-reactive ketones (excluding diaryl/α,β-unsaturated/α-hetero) is 1. The summed E-state index contributed by atoms with van der Waals surface area (Å²) in [4.78, 5) is 54.7. The Hall–Kier alpha value is -5.51. The van der Waals surface area contributed by atoms with Crippen LogP contribution in [-0.2, 0) is 49.9 Å². The van der Waals surface area contributed by atoms with Gasteiger partial charge in [-0.05, 0) is 105 Å². The summed E-state index contributed by atoms with van der Waals surface area (Å²) in [6.07, 6.45) is 4.08. The Kier molecular flexibility index (Phi) is 16.2. The number of para-hydroxylation sites is 1. The first-order chi connectivity index (χ1) is 27.6. The lowest BCUT2D eigenvalue weighted by atomic mass is 9.91. The molecule has 9 nitrogen and oxygen atoms in total. The van der Waals surface area contributed by atoms with Crippen LogP contribution in [0.2, 0.25) is 0 Å². The molecule has 0 aromatic heterocycles. The second kappa shape index (κ2) is 21.7. The predicted molar refractivity (Wildman–Crippen MR) is 217 cm³/mol. The maximum absolute atomic E-state index is 14.0. The number of nitrogens with one attached hydrogen (secondary N) is 1. The number of likely N-dealkylation sites (N-methyl/N-ethyl adjacent to an activating group) is 1. The standard InChI is InChI=1S/C47H55FN2O7/c1-33(57-44-19-11-10-17-39(44)18-12-28-49-47(54)56-32-37-15-8-5-9-16-37)20-27-42(38-23-24-38)45(52)50(3)34(2)43(51)30-40(29-35-21-25-41(48)26-22-35)46(53)55-31-36-13-6-4-7-14-36/h4-11,13-17,19,21-22,25-26,33-34,38,40,42H,12,18,20,23-24,27-32H2,1-3H3,(H,49,54)/t33-,34-,40+,42+/m1/s1. The summed E-state index contributed by atoms with van der Waals surface area (Å²) in [7, 11) is 1.66. The molecule has 0 radical (unpaired) electrons. The monoisotopic (exact) mass is 778 g/mol. The Morgan fingerprint density at radius 1 is 0.772 bits per heavy atom. The van der Waals surface area contributed by atoms with Crippen molar-refractivity contribution < 1.29 is 37.8 Å². The van der Waals surface area contributed by atoms with Crippen molar-refractivity contribution >= 4 is 23.8 Å². The van der Waals surface area contributed by atoms with Crippen molar-refractivity contribution in [2.75, 3.05) is 13.6 Å². The smallest absolute Gasteiger partial charge is 0.407 e. The fourth-order valence-corrected chi connectivity index (χ4v) is 6.89. The number of esters is 1. The van der Waals surface area contributed by atoms with E-state index in [1.54, 1.807) is 26.1 Å². The second-order valence-electron chi connectivity index (χ2n) is 15.1. The fourth-order valence-electron chi connectivity index (χ4n) is 6.89. The van der Waals surface area contributed by atoms with Gasteiger partial charge in [-0.25, -0.2) is 9.18 Å². The van der Waals surface area contributed by atoms with Crippen LogP contribution in [0.25, 0.3) is 0 Å². The molecule has 0 heterocycles. The van der Waals surface area contributed by atoms with E-state index in [9.17, 15) is 23.6 Å². The number of alkyl carbamates (subject to hydrolysis) is 1. The molecule has 2 amide bonds. The van der Waals surface area contributed by atoms with E-state index in [0.29, 0.717) is 37.8 Å². The quantitative estimate of drug-likeness (QED) is 0.0628. The summed E-state index contributed by atoms with van der Waals surface area (Å²) < 4.78 is 31.0. The SMILES string of the molecule is C[C@H](CC[C@H](C(=O)N(C)[C@H](C)C(=O)C[C@H](Cc1ccc(F)cc1)C(=O)OCc1ccccc1)C1CC1)Oc1ccccc1CCCNC(=O)OCc1ccccc1. The van der Waals surface area contributed by atoms with Gasteiger partial charge in [0.1, 0.15) is 24.8 Å². The first kappa shape index (κ1) is 42.6. The normalized spacial score (nSPS) is 14.4. The van der Waals surface area contributed by atoms with Crippen molar-refractivity contribution in [1.29, 1.82) is 0 Å². The van der Waals surface area contributed by atoms with Crippen molar-refractivity contribution in [3.63, 3.8) is 0 Å². The van der Waals surface area contributed by atoms with Gasteiger partial charge in [0.25, 0.3) is 0 Å². The minimum atomic E-state index is -0.796. The third-order valence-electron chi connectivity index (χ3n) is 10.6. The average molecular weight is 779 g/mol. The van der Waals surface area contributed by atoms with Crippen LogP contribution in [-0.4, -0.2) is 54.4 Å². The molecule has 0 bridgehead atoms. The zero-order chi connectivity index (χ0) is 40.6. The number of rotatable bonds is 22. The fraction of sp³-hybridized carbons (Fsp3) is 0.404. The summed E-state index contributed by atoms with van der Waals surface area (Å²) in [6.45, 7) is 4.47. The van der Waals surface area contributed by atoms with Crippen molar-refractivity contribution in [2.45, 2.75) is 90.6 Å². The third kappa shape index (κ3) is 13.9. The first-order valence-electron chi connectivity index (χ1n) is 20.0. The summed E-state index contributed by atoms with van der Waals surface area (Å²) in [5.74, 6) is -1.23. The number of carbonyl (C=O) groups excluding carboxylic acids is 4. The minimum absolute atomic E-state index is 0.0733. The molecule has 1 saturated carbocycles. The molecule has 1 N–H and O–H groups in total. The molecule has 0 aliphatic heterocycles. The molecular formula is C47H55FN2O7. The van der Waals surface area contributed by atoms with Crippen molar-refractivity contribution in [1.82, 2.24) is 10.2 Å². The molecular weight excluding hydrogens is 724 g/mol. The summed E-state index contributed by atoms with van der Waals surface area (Å²) >= 11 is 0. The van der Waals surface area contributed by atoms with Gasteiger partial charge in [-0.2, -0.15) is 0 Å². The highest BCUT2D eigenvalue weighted by atomic mass is 19.1.